The molecule has 0 aliphatic rings. The van der Waals surface area contributed by atoms with E-state index in [1.807, 2.05) is 7.05 Å². The maximum atomic E-state index is 5.54. The highest BCUT2D eigenvalue weighted by atomic mass is 32.1. The summed E-state index contributed by atoms with van der Waals surface area (Å²) in [5.74, 6) is 0. The fourth-order valence-corrected chi connectivity index (χ4v) is 2.01. The Hall–Kier alpha value is -0.680. The molecular formula is C11H21N3OS. The predicted molar refractivity (Wildman–Crippen MR) is 67.9 cm³/mol. The van der Waals surface area contributed by atoms with E-state index in [2.05, 4.69) is 22.4 Å². The second kappa shape index (κ2) is 8.47. The molecule has 0 unspecified atom stereocenters. The average Bonchev–Trinajstić information content (AvgIpc) is 2.76. The van der Waals surface area contributed by atoms with E-state index in [-0.39, 0.29) is 0 Å². The zero-order valence-corrected chi connectivity index (χ0v) is 11.0. The molecule has 1 aromatic heterocycles. The summed E-state index contributed by atoms with van der Waals surface area (Å²) in [7, 11) is 1.85. The lowest BCUT2D eigenvalue weighted by atomic mass is 10.2. The molecule has 0 aliphatic carbocycles. The highest BCUT2D eigenvalue weighted by molar-refractivity contribution is 7.15. The SMILES string of the molecule is CCCCCCCOCc1nnc(NC)s1. The Kier molecular flexibility index (Phi) is 7.09. The topological polar surface area (TPSA) is 47.0 Å². The van der Waals surface area contributed by atoms with E-state index in [1.165, 1.54) is 25.7 Å². The number of nitrogens with zero attached hydrogens (tertiary/aromatic N) is 2. The number of nitrogens with one attached hydrogen (secondary N) is 1. The standard InChI is InChI=1S/C11H21N3OS/c1-3-4-5-6-7-8-15-9-10-13-14-11(12-2)16-10/h3-9H2,1-2H3,(H,12,14). The summed E-state index contributed by atoms with van der Waals surface area (Å²) in [4.78, 5) is 0. The van der Waals surface area contributed by atoms with Gasteiger partial charge in [-0.15, -0.1) is 10.2 Å². The van der Waals surface area contributed by atoms with Gasteiger partial charge in [-0.25, -0.2) is 0 Å². The Morgan fingerprint density at radius 1 is 1.19 bits per heavy atom. The van der Waals surface area contributed by atoms with Gasteiger partial charge in [0.05, 0.1) is 0 Å². The third-order valence-electron chi connectivity index (χ3n) is 2.30. The van der Waals surface area contributed by atoms with Gasteiger partial charge >= 0.3 is 0 Å². The smallest absolute Gasteiger partial charge is 0.205 e. The Morgan fingerprint density at radius 3 is 2.69 bits per heavy atom. The molecule has 0 bridgehead atoms. The van der Waals surface area contributed by atoms with E-state index in [0.717, 1.165) is 23.2 Å². The fraction of sp³-hybridized carbons (Fsp3) is 0.818. The van der Waals surface area contributed by atoms with E-state index in [0.29, 0.717) is 6.61 Å². The zero-order valence-electron chi connectivity index (χ0n) is 10.2. The van der Waals surface area contributed by atoms with Crippen LogP contribution in [0.15, 0.2) is 0 Å². The molecule has 0 amide bonds. The normalized spacial score (nSPS) is 10.6. The van der Waals surface area contributed by atoms with Gasteiger partial charge in [-0.1, -0.05) is 43.9 Å². The van der Waals surface area contributed by atoms with Gasteiger partial charge in [-0.2, -0.15) is 0 Å². The maximum absolute atomic E-state index is 5.54. The Morgan fingerprint density at radius 2 is 2.00 bits per heavy atom. The number of anilines is 1. The number of rotatable bonds is 9. The lowest BCUT2D eigenvalue weighted by Gasteiger charge is -2.01. The highest BCUT2D eigenvalue weighted by Gasteiger charge is 2.01. The van der Waals surface area contributed by atoms with Crippen molar-refractivity contribution in [3.8, 4) is 0 Å². The second-order valence-corrected chi connectivity index (χ2v) is 4.78. The van der Waals surface area contributed by atoms with Gasteiger partial charge in [0.15, 0.2) is 0 Å². The van der Waals surface area contributed by atoms with Crippen molar-refractivity contribution in [1.82, 2.24) is 10.2 Å². The van der Waals surface area contributed by atoms with Crippen LogP contribution in [-0.4, -0.2) is 23.9 Å². The molecule has 5 heteroatoms. The first kappa shape index (κ1) is 13.4. The number of hydrogen-bond acceptors (Lipinski definition) is 5. The summed E-state index contributed by atoms with van der Waals surface area (Å²) in [6.45, 7) is 3.65. The van der Waals surface area contributed by atoms with Crippen molar-refractivity contribution < 1.29 is 4.74 Å². The van der Waals surface area contributed by atoms with Crippen LogP contribution in [0.1, 0.15) is 44.0 Å². The average molecular weight is 243 g/mol. The predicted octanol–water partition coefficient (Wildman–Crippen LogP) is 3.07. The molecule has 16 heavy (non-hydrogen) atoms. The summed E-state index contributed by atoms with van der Waals surface area (Å²) < 4.78 is 5.54. The molecule has 1 heterocycles. The lowest BCUT2D eigenvalue weighted by molar-refractivity contribution is 0.116. The first-order valence-electron chi connectivity index (χ1n) is 5.94. The molecule has 1 N–H and O–H groups in total. The third kappa shape index (κ3) is 5.42. The monoisotopic (exact) mass is 243 g/mol. The summed E-state index contributed by atoms with van der Waals surface area (Å²) in [5, 5.41) is 12.7. The molecule has 0 spiro atoms. The van der Waals surface area contributed by atoms with Crippen molar-refractivity contribution in [2.45, 2.75) is 45.6 Å². The maximum Gasteiger partial charge on any atom is 0.205 e. The van der Waals surface area contributed by atoms with Crippen LogP contribution in [0.5, 0.6) is 0 Å². The van der Waals surface area contributed by atoms with Crippen LogP contribution in [0.3, 0.4) is 0 Å². The van der Waals surface area contributed by atoms with Crippen molar-refractivity contribution in [2.24, 2.45) is 0 Å². The number of unbranched alkanes of at least 4 members (excludes halogenated alkanes) is 4. The van der Waals surface area contributed by atoms with Crippen LogP contribution in [0.4, 0.5) is 5.13 Å². The van der Waals surface area contributed by atoms with Crippen LogP contribution in [-0.2, 0) is 11.3 Å². The molecule has 0 atom stereocenters. The van der Waals surface area contributed by atoms with E-state index in [1.54, 1.807) is 11.3 Å². The zero-order chi connectivity index (χ0) is 11.6. The van der Waals surface area contributed by atoms with Gasteiger partial charge in [0.1, 0.15) is 11.6 Å². The molecule has 0 radical (unpaired) electrons. The van der Waals surface area contributed by atoms with Gasteiger partial charge in [-0.05, 0) is 6.42 Å². The van der Waals surface area contributed by atoms with Crippen LogP contribution in [0, 0.1) is 0 Å². The van der Waals surface area contributed by atoms with E-state index in [9.17, 15) is 0 Å². The van der Waals surface area contributed by atoms with Gasteiger partial charge in [0.25, 0.3) is 0 Å². The summed E-state index contributed by atoms with van der Waals surface area (Å²) in [6, 6.07) is 0. The van der Waals surface area contributed by atoms with Crippen molar-refractivity contribution in [1.29, 1.82) is 0 Å². The molecule has 4 nitrogen and oxygen atoms in total. The first-order chi connectivity index (χ1) is 7.86. The molecule has 0 saturated heterocycles. The van der Waals surface area contributed by atoms with Crippen molar-refractivity contribution in [2.75, 3.05) is 19.0 Å². The molecule has 92 valence electrons. The molecule has 0 fully saturated rings. The Balaban J connectivity index is 1.98. The molecule has 0 saturated carbocycles. The van der Waals surface area contributed by atoms with E-state index in [4.69, 9.17) is 4.74 Å². The Labute approximate surface area is 101 Å². The van der Waals surface area contributed by atoms with E-state index >= 15 is 0 Å². The van der Waals surface area contributed by atoms with Gasteiger partial charge < -0.3 is 10.1 Å². The third-order valence-corrected chi connectivity index (χ3v) is 3.21. The lowest BCUT2D eigenvalue weighted by Crippen LogP contribution is -1.95. The van der Waals surface area contributed by atoms with E-state index < -0.39 is 0 Å². The summed E-state index contributed by atoms with van der Waals surface area (Å²) in [5.41, 5.74) is 0. The minimum absolute atomic E-state index is 0.590. The van der Waals surface area contributed by atoms with Gasteiger partial charge in [0, 0.05) is 13.7 Å². The molecule has 0 aromatic carbocycles. The van der Waals surface area contributed by atoms with Crippen LogP contribution in [0.25, 0.3) is 0 Å². The molecule has 1 rings (SSSR count). The minimum atomic E-state index is 0.590. The summed E-state index contributed by atoms with van der Waals surface area (Å²) >= 11 is 1.55. The number of aromatic nitrogens is 2. The van der Waals surface area contributed by atoms with Crippen molar-refractivity contribution in [3.63, 3.8) is 0 Å². The Bertz CT molecular complexity index is 278. The van der Waals surface area contributed by atoms with Crippen LogP contribution in [0.2, 0.25) is 0 Å². The van der Waals surface area contributed by atoms with Crippen molar-refractivity contribution >= 4 is 16.5 Å². The van der Waals surface area contributed by atoms with Gasteiger partial charge in [-0.3, -0.25) is 0 Å². The van der Waals surface area contributed by atoms with Crippen LogP contribution < -0.4 is 5.32 Å². The minimum Gasteiger partial charge on any atom is -0.374 e. The highest BCUT2D eigenvalue weighted by Crippen LogP contribution is 2.15. The second-order valence-electron chi connectivity index (χ2n) is 3.72. The molecule has 1 aromatic rings. The quantitative estimate of drug-likeness (QED) is 0.677. The van der Waals surface area contributed by atoms with Crippen LogP contribution >= 0.6 is 11.3 Å². The molecule has 0 aliphatic heterocycles. The number of hydrogen-bond donors (Lipinski definition) is 1. The summed E-state index contributed by atoms with van der Waals surface area (Å²) in [6.07, 6.45) is 6.37. The van der Waals surface area contributed by atoms with Gasteiger partial charge in [0.2, 0.25) is 5.13 Å². The van der Waals surface area contributed by atoms with Crippen molar-refractivity contribution in [3.05, 3.63) is 5.01 Å². The number of ether oxygens (including phenoxy) is 1. The fourth-order valence-electron chi connectivity index (χ4n) is 1.38. The largest absolute Gasteiger partial charge is 0.374 e. The first-order valence-corrected chi connectivity index (χ1v) is 6.76. The molecular weight excluding hydrogens is 222 g/mol.